The number of unbranched alkanes of at least 4 members (excludes halogenated alkanes) is 2. The molecule has 2 aromatic carbocycles. The second-order valence-corrected chi connectivity index (χ2v) is 6.30. The molecule has 27 heavy (non-hydrogen) atoms. The number of methoxy groups -OCH3 is 1. The van der Waals surface area contributed by atoms with Gasteiger partial charge in [-0.1, -0.05) is 38.0 Å². The van der Waals surface area contributed by atoms with Crippen molar-refractivity contribution in [1.82, 2.24) is 4.57 Å². The lowest BCUT2D eigenvalue weighted by atomic mass is 10.2. The van der Waals surface area contributed by atoms with Gasteiger partial charge in [-0.15, -0.1) is 0 Å². The van der Waals surface area contributed by atoms with Crippen LogP contribution in [0.3, 0.4) is 0 Å². The molecule has 142 valence electrons. The number of ether oxygens (including phenoxy) is 2. The van der Waals surface area contributed by atoms with Gasteiger partial charge in [0.15, 0.2) is 11.5 Å². The first-order chi connectivity index (χ1) is 13.1. The number of rotatable bonds is 8. The van der Waals surface area contributed by atoms with E-state index in [1.165, 1.54) is 4.57 Å². The Hall–Kier alpha value is -3.02. The van der Waals surface area contributed by atoms with E-state index in [9.17, 15) is 9.59 Å². The second-order valence-electron chi connectivity index (χ2n) is 6.30. The maximum atomic E-state index is 12.2. The first-order valence-electron chi connectivity index (χ1n) is 9.06. The molecule has 0 N–H and O–H groups in total. The Kier molecular flexibility index (Phi) is 5.96. The Morgan fingerprint density at radius 2 is 1.85 bits per heavy atom. The van der Waals surface area contributed by atoms with E-state index in [0.717, 1.165) is 24.8 Å². The van der Waals surface area contributed by atoms with E-state index in [0.29, 0.717) is 29.0 Å². The van der Waals surface area contributed by atoms with Gasteiger partial charge in [-0.3, -0.25) is 4.57 Å². The fourth-order valence-corrected chi connectivity index (χ4v) is 2.97. The van der Waals surface area contributed by atoms with E-state index in [-0.39, 0.29) is 6.54 Å². The van der Waals surface area contributed by atoms with Crippen LogP contribution in [0.15, 0.2) is 56.5 Å². The largest absolute Gasteiger partial charge is 0.493 e. The van der Waals surface area contributed by atoms with Crippen molar-refractivity contribution in [1.29, 1.82) is 0 Å². The maximum absolute atomic E-state index is 12.2. The van der Waals surface area contributed by atoms with Crippen LogP contribution >= 0.6 is 0 Å². The molecule has 0 radical (unpaired) electrons. The van der Waals surface area contributed by atoms with Crippen molar-refractivity contribution in [3.8, 4) is 11.5 Å². The van der Waals surface area contributed by atoms with Crippen molar-refractivity contribution in [3.63, 3.8) is 0 Å². The fraction of sp³-hybridized carbons (Fsp3) is 0.333. The number of para-hydroxylation sites is 1. The normalized spacial score (nSPS) is 10.9. The van der Waals surface area contributed by atoms with Crippen LogP contribution < -0.4 is 20.9 Å². The summed E-state index contributed by atoms with van der Waals surface area (Å²) in [4.78, 5) is 24.1. The zero-order valence-electron chi connectivity index (χ0n) is 15.6. The summed E-state index contributed by atoms with van der Waals surface area (Å²) in [6, 6.07) is 12.5. The molecule has 0 unspecified atom stereocenters. The molecule has 0 aliphatic carbocycles. The number of hydrogen-bond donors (Lipinski definition) is 0. The van der Waals surface area contributed by atoms with Crippen LogP contribution in [-0.2, 0) is 6.54 Å². The fourth-order valence-electron chi connectivity index (χ4n) is 2.97. The molecular weight excluding hydrogens is 346 g/mol. The Labute approximate surface area is 157 Å². The van der Waals surface area contributed by atoms with Crippen LogP contribution in [0.1, 0.15) is 31.7 Å². The second kappa shape index (κ2) is 8.58. The SMILES string of the molecule is CCCCCOc1ccc(Cn2c(=O)oc(=O)c3ccccc32)cc1OC. The predicted molar refractivity (Wildman–Crippen MR) is 104 cm³/mol. The third-order valence-corrected chi connectivity index (χ3v) is 4.39. The third kappa shape index (κ3) is 4.22. The third-order valence-electron chi connectivity index (χ3n) is 4.39. The Morgan fingerprint density at radius 3 is 2.63 bits per heavy atom. The molecule has 0 aliphatic heterocycles. The van der Waals surface area contributed by atoms with E-state index in [2.05, 4.69) is 6.92 Å². The zero-order valence-corrected chi connectivity index (χ0v) is 15.6. The summed E-state index contributed by atoms with van der Waals surface area (Å²) in [6.45, 7) is 3.04. The van der Waals surface area contributed by atoms with Gasteiger partial charge >= 0.3 is 11.4 Å². The summed E-state index contributed by atoms with van der Waals surface area (Å²) >= 11 is 0. The molecule has 0 atom stereocenters. The molecule has 1 heterocycles. The molecule has 0 saturated carbocycles. The molecule has 1 aromatic heterocycles. The van der Waals surface area contributed by atoms with Crippen LogP contribution in [0, 0.1) is 0 Å². The minimum atomic E-state index is -0.683. The first kappa shape index (κ1) is 18.8. The van der Waals surface area contributed by atoms with Crippen molar-refractivity contribution >= 4 is 10.9 Å². The van der Waals surface area contributed by atoms with Crippen LogP contribution in [0.5, 0.6) is 11.5 Å². The van der Waals surface area contributed by atoms with Gasteiger partial charge in [-0.05, 0) is 36.2 Å². The van der Waals surface area contributed by atoms with Gasteiger partial charge in [0.1, 0.15) is 0 Å². The van der Waals surface area contributed by atoms with Crippen molar-refractivity contribution in [2.24, 2.45) is 0 Å². The standard InChI is InChI=1S/C21H23NO5/c1-3-4-7-12-26-18-11-10-15(13-19(18)25-2)14-22-17-9-6-5-8-16(17)20(23)27-21(22)24/h5-6,8-11,13H,3-4,7,12,14H2,1-2H3. The van der Waals surface area contributed by atoms with Gasteiger partial charge in [0.25, 0.3) is 0 Å². The molecular formula is C21H23NO5. The minimum absolute atomic E-state index is 0.260. The minimum Gasteiger partial charge on any atom is -0.493 e. The highest BCUT2D eigenvalue weighted by Gasteiger charge is 2.11. The first-order valence-corrected chi connectivity index (χ1v) is 9.06. The molecule has 6 heteroatoms. The van der Waals surface area contributed by atoms with Crippen LogP contribution in [0.4, 0.5) is 0 Å². The van der Waals surface area contributed by atoms with Gasteiger partial charge in [-0.2, -0.15) is 0 Å². The van der Waals surface area contributed by atoms with Gasteiger partial charge in [0.2, 0.25) is 0 Å². The molecule has 0 spiro atoms. The summed E-state index contributed by atoms with van der Waals surface area (Å²) in [6.07, 6.45) is 3.25. The smallest absolute Gasteiger partial charge is 0.422 e. The van der Waals surface area contributed by atoms with Crippen molar-refractivity contribution < 1.29 is 13.9 Å². The summed E-state index contributed by atoms with van der Waals surface area (Å²) in [5, 5.41) is 0.375. The molecule has 0 amide bonds. The van der Waals surface area contributed by atoms with Gasteiger partial charge in [0, 0.05) is 0 Å². The quantitative estimate of drug-likeness (QED) is 0.568. The average molecular weight is 369 g/mol. The van der Waals surface area contributed by atoms with Crippen LogP contribution in [0.25, 0.3) is 10.9 Å². The highest BCUT2D eigenvalue weighted by Crippen LogP contribution is 2.28. The molecule has 0 bridgehead atoms. The summed E-state index contributed by atoms with van der Waals surface area (Å²) in [7, 11) is 1.58. The van der Waals surface area contributed by atoms with E-state index < -0.39 is 11.4 Å². The molecule has 0 aliphatic rings. The molecule has 6 nitrogen and oxygen atoms in total. The van der Waals surface area contributed by atoms with Gasteiger partial charge in [-0.25, -0.2) is 9.59 Å². The Morgan fingerprint density at radius 1 is 1.04 bits per heavy atom. The number of fused-ring (bicyclic) bond motifs is 1. The number of nitrogens with zero attached hydrogens (tertiary/aromatic N) is 1. The lowest BCUT2D eigenvalue weighted by molar-refractivity contribution is 0.286. The van der Waals surface area contributed by atoms with Gasteiger partial charge in [0.05, 0.1) is 31.2 Å². The molecule has 3 aromatic rings. The lowest BCUT2D eigenvalue weighted by Crippen LogP contribution is -2.25. The van der Waals surface area contributed by atoms with E-state index in [4.69, 9.17) is 13.9 Å². The predicted octanol–water partition coefficient (Wildman–Crippen LogP) is 3.58. The van der Waals surface area contributed by atoms with Crippen molar-refractivity contribution in [3.05, 3.63) is 69.0 Å². The van der Waals surface area contributed by atoms with E-state index in [1.54, 1.807) is 31.4 Å². The molecule has 0 saturated heterocycles. The number of aromatic nitrogens is 1. The van der Waals surface area contributed by atoms with Gasteiger partial charge < -0.3 is 13.9 Å². The maximum Gasteiger partial charge on any atom is 0.422 e. The van der Waals surface area contributed by atoms with Crippen LogP contribution in [0.2, 0.25) is 0 Å². The van der Waals surface area contributed by atoms with Crippen LogP contribution in [-0.4, -0.2) is 18.3 Å². The Balaban J connectivity index is 1.89. The average Bonchev–Trinajstić information content (AvgIpc) is 2.69. The summed E-state index contributed by atoms with van der Waals surface area (Å²) < 4.78 is 17.5. The summed E-state index contributed by atoms with van der Waals surface area (Å²) in [5.41, 5.74) is 0.756. The lowest BCUT2D eigenvalue weighted by Gasteiger charge is -2.13. The van der Waals surface area contributed by atoms with E-state index in [1.807, 2.05) is 18.2 Å². The monoisotopic (exact) mass is 369 g/mol. The number of hydrogen-bond acceptors (Lipinski definition) is 5. The molecule has 3 rings (SSSR count). The number of benzene rings is 2. The molecule has 0 fully saturated rings. The van der Waals surface area contributed by atoms with Crippen molar-refractivity contribution in [2.45, 2.75) is 32.7 Å². The highest BCUT2D eigenvalue weighted by atomic mass is 16.5. The highest BCUT2D eigenvalue weighted by molar-refractivity contribution is 5.77. The zero-order chi connectivity index (χ0) is 19.2. The Bertz CT molecular complexity index is 1030. The van der Waals surface area contributed by atoms with E-state index >= 15 is 0 Å². The summed E-state index contributed by atoms with van der Waals surface area (Å²) in [5.74, 6) is 0.602. The topological polar surface area (TPSA) is 70.7 Å². The van der Waals surface area contributed by atoms with Crippen molar-refractivity contribution in [2.75, 3.05) is 13.7 Å².